The summed E-state index contributed by atoms with van der Waals surface area (Å²) < 4.78 is 7.37. The molecule has 0 spiro atoms. The maximum Gasteiger partial charge on any atom is 0.412 e. The second kappa shape index (κ2) is 6.67. The molecule has 2 amide bonds. The quantitative estimate of drug-likeness (QED) is 0.760. The maximum atomic E-state index is 12.2. The van der Waals surface area contributed by atoms with Gasteiger partial charge in [0.25, 0.3) is 0 Å². The first-order valence-corrected chi connectivity index (χ1v) is 9.08. The normalized spacial score (nSPS) is 14.3. The Bertz CT molecular complexity index is 899. The Labute approximate surface area is 162 Å². The minimum Gasteiger partial charge on any atom is -0.444 e. The second-order valence-corrected chi connectivity index (χ2v) is 8.12. The predicted octanol–water partition coefficient (Wildman–Crippen LogP) is 4.66. The van der Waals surface area contributed by atoms with E-state index in [0.29, 0.717) is 35.4 Å². The smallest absolute Gasteiger partial charge is 0.412 e. The van der Waals surface area contributed by atoms with Crippen LogP contribution >= 0.6 is 23.2 Å². The van der Waals surface area contributed by atoms with E-state index in [-0.39, 0.29) is 5.91 Å². The largest absolute Gasteiger partial charge is 0.444 e. The Morgan fingerprint density at radius 3 is 2.50 bits per heavy atom. The molecule has 8 heteroatoms. The standard InChI is InChI=1S/C18H21Cl2N3O3/c1-10(24)22-5-6-23-11(9-22)7-12-14(8-13(19)15(20)16(12)23)21-17(25)26-18(2,3)4/h7-8H,5-6,9H2,1-4H3,(H,21,25). The molecule has 0 saturated heterocycles. The van der Waals surface area contributed by atoms with Gasteiger partial charge in [0.05, 0.1) is 27.8 Å². The molecule has 0 aliphatic carbocycles. The molecule has 0 bridgehead atoms. The van der Waals surface area contributed by atoms with Crippen LogP contribution in [-0.4, -0.2) is 33.6 Å². The van der Waals surface area contributed by atoms with Crippen LogP contribution in [0, 0.1) is 0 Å². The lowest BCUT2D eigenvalue weighted by Crippen LogP contribution is -2.36. The summed E-state index contributed by atoms with van der Waals surface area (Å²) in [5.41, 5.74) is 1.61. The van der Waals surface area contributed by atoms with Crippen molar-refractivity contribution in [1.29, 1.82) is 0 Å². The number of aromatic nitrogens is 1. The van der Waals surface area contributed by atoms with Crippen LogP contribution < -0.4 is 5.32 Å². The minimum absolute atomic E-state index is 0.0257. The fourth-order valence-corrected chi connectivity index (χ4v) is 3.55. The van der Waals surface area contributed by atoms with Crippen molar-refractivity contribution in [3.05, 3.63) is 27.9 Å². The molecule has 140 valence electrons. The Balaban J connectivity index is 2.04. The van der Waals surface area contributed by atoms with Crippen molar-refractivity contribution >= 4 is 51.8 Å². The van der Waals surface area contributed by atoms with Crippen molar-refractivity contribution < 1.29 is 14.3 Å². The van der Waals surface area contributed by atoms with Crippen molar-refractivity contribution in [3.8, 4) is 0 Å². The zero-order valence-electron chi connectivity index (χ0n) is 15.2. The summed E-state index contributed by atoms with van der Waals surface area (Å²) in [5.74, 6) is 0.0257. The highest BCUT2D eigenvalue weighted by molar-refractivity contribution is 6.45. The maximum absolute atomic E-state index is 12.2. The number of carbonyl (C=O) groups excluding carboxylic acids is 2. The zero-order valence-corrected chi connectivity index (χ0v) is 16.7. The number of hydrogen-bond donors (Lipinski definition) is 1. The zero-order chi connectivity index (χ0) is 19.2. The van der Waals surface area contributed by atoms with Crippen molar-refractivity contribution in [2.75, 3.05) is 11.9 Å². The third kappa shape index (κ3) is 3.62. The topological polar surface area (TPSA) is 63.6 Å². The van der Waals surface area contributed by atoms with Crippen molar-refractivity contribution in [2.24, 2.45) is 0 Å². The van der Waals surface area contributed by atoms with E-state index in [4.69, 9.17) is 27.9 Å². The summed E-state index contributed by atoms with van der Waals surface area (Å²) in [7, 11) is 0. The number of nitrogens with zero attached hydrogens (tertiary/aromatic N) is 2. The van der Waals surface area contributed by atoms with Crippen molar-refractivity contribution in [3.63, 3.8) is 0 Å². The Kier molecular flexibility index (Phi) is 4.84. The highest BCUT2D eigenvalue weighted by Gasteiger charge is 2.25. The number of anilines is 1. The van der Waals surface area contributed by atoms with E-state index in [1.54, 1.807) is 38.7 Å². The van der Waals surface area contributed by atoms with Crippen LogP contribution in [0.1, 0.15) is 33.4 Å². The molecule has 6 nitrogen and oxygen atoms in total. The van der Waals surface area contributed by atoms with Gasteiger partial charge >= 0.3 is 6.09 Å². The van der Waals surface area contributed by atoms with Crippen LogP contribution in [0.2, 0.25) is 10.0 Å². The van der Waals surface area contributed by atoms with Gasteiger partial charge in [0.2, 0.25) is 5.91 Å². The molecule has 3 rings (SSSR count). The van der Waals surface area contributed by atoms with Crippen LogP contribution in [-0.2, 0) is 22.6 Å². The first kappa shape index (κ1) is 18.9. The molecule has 0 fully saturated rings. The van der Waals surface area contributed by atoms with Crippen molar-refractivity contribution in [2.45, 2.75) is 46.4 Å². The van der Waals surface area contributed by atoms with E-state index < -0.39 is 11.7 Å². The monoisotopic (exact) mass is 397 g/mol. The van der Waals surface area contributed by atoms with Crippen molar-refractivity contribution in [1.82, 2.24) is 9.47 Å². The van der Waals surface area contributed by atoms with Gasteiger partial charge in [-0.2, -0.15) is 0 Å². The van der Waals surface area contributed by atoms with E-state index in [1.165, 1.54) is 0 Å². The number of benzene rings is 1. The molecule has 2 aromatic rings. The van der Waals surface area contributed by atoms with Gasteiger partial charge in [0, 0.05) is 31.1 Å². The van der Waals surface area contributed by atoms with Gasteiger partial charge in [-0.3, -0.25) is 10.1 Å². The molecule has 1 aliphatic heterocycles. The Morgan fingerprint density at radius 1 is 1.19 bits per heavy atom. The Hall–Kier alpha value is -1.92. The van der Waals surface area contributed by atoms with E-state index in [2.05, 4.69) is 5.32 Å². The minimum atomic E-state index is -0.610. The molecular weight excluding hydrogens is 377 g/mol. The van der Waals surface area contributed by atoms with Gasteiger partial charge < -0.3 is 14.2 Å². The SMILES string of the molecule is CC(=O)N1CCn2c(cc3c(NC(=O)OC(C)(C)C)cc(Cl)c(Cl)c32)C1. The van der Waals surface area contributed by atoms with Gasteiger partial charge in [0.15, 0.2) is 0 Å². The van der Waals surface area contributed by atoms with Gasteiger partial charge in [-0.1, -0.05) is 23.2 Å². The third-order valence-electron chi connectivity index (χ3n) is 4.19. The predicted molar refractivity (Wildman–Crippen MR) is 103 cm³/mol. The molecule has 26 heavy (non-hydrogen) atoms. The van der Waals surface area contributed by atoms with Crippen LogP contribution in [0.15, 0.2) is 12.1 Å². The number of hydrogen-bond acceptors (Lipinski definition) is 3. The lowest BCUT2D eigenvalue weighted by atomic mass is 10.2. The fraction of sp³-hybridized carbons (Fsp3) is 0.444. The fourth-order valence-electron chi connectivity index (χ4n) is 3.09. The average Bonchev–Trinajstić information content (AvgIpc) is 2.89. The Morgan fingerprint density at radius 2 is 1.88 bits per heavy atom. The van der Waals surface area contributed by atoms with Gasteiger partial charge in [0.1, 0.15) is 5.60 Å². The number of fused-ring (bicyclic) bond motifs is 3. The molecule has 0 unspecified atom stereocenters. The van der Waals surface area contributed by atoms with Crippen LogP contribution in [0.25, 0.3) is 10.9 Å². The van der Waals surface area contributed by atoms with E-state index >= 15 is 0 Å². The van der Waals surface area contributed by atoms with E-state index in [9.17, 15) is 9.59 Å². The summed E-state index contributed by atoms with van der Waals surface area (Å²) in [6.45, 7) is 8.65. The number of ether oxygens (including phenoxy) is 1. The van der Waals surface area contributed by atoms with Gasteiger partial charge in [-0.25, -0.2) is 4.79 Å². The molecule has 0 radical (unpaired) electrons. The molecule has 0 atom stereocenters. The first-order chi connectivity index (χ1) is 12.1. The lowest BCUT2D eigenvalue weighted by Gasteiger charge is -2.28. The summed E-state index contributed by atoms with van der Waals surface area (Å²) in [4.78, 5) is 25.6. The highest BCUT2D eigenvalue weighted by atomic mass is 35.5. The molecule has 1 aromatic heterocycles. The van der Waals surface area contributed by atoms with Crippen LogP contribution in [0.3, 0.4) is 0 Å². The molecule has 2 heterocycles. The van der Waals surface area contributed by atoms with Crippen LogP contribution in [0.5, 0.6) is 0 Å². The number of rotatable bonds is 1. The van der Waals surface area contributed by atoms with Gasteiger partial charge in [-0.05, 0) is 32.9 Å². The lowest BCUT2D eigenvalue weighted by molar-refractivity contribution is -0.130. The third-order valence-corrected chi connectivity index (χ3v) is 4.97. The molecule has 0 saturated carbocycles. The van der Waals surface area contributed by atoms with Crippen LogP contribution in [0.4, 0.5) is 10.5 Å². The number of carbonyl (C=O) groups is 2. The highest BCUT2D eigenvalue weighted by Crippen LogP contribution is 2.39. The second-order valence-electron chi connectivity index (χ2n) is 7.34. The average molecular weight is 398 g/mol. The molecular formula is C18H21Cl2N3O3. The number of halogens is 2. The summed E-state index contributed by atoms with van der Waals surface area (Å²) in [6.07, 6.45) is -0.563. The summed E-state index contributed by atoms with van der Waals surface area (Å²) >= 11 is 12.7. The van der Waals surface area contributed by atoms with E-state index in [1.807, 2.05) is 10.6 Å². The van der Waals surface area contributed by atoms with Gasteiger partial charge in [-0.15, -0.1) is 0 Å². The summed E-state index contributed by atoms with van der Waals surface area (Å²) in [6, 6.07) is 3.55. The molecule has 1 N–H and O–H groups in total. The first-order valence-electron chi connectivity index (χ1n) is 8.32. The number of nitrogens with one attached hydrogen (secondary N) is 1. The summed E-state index contributed by atoms with van der Waals surface area (Å²) in [5, 5.41) is 4.30. The van der Waals surface area contributed by atoms with E-state index in [0.717, 1.165) is 16.6 Å². The molecule has 1 aliphatic rings. The number of amides is 2. The molecule has 1 aromatic carbocycles.